The van der Waals surface area contributed by atoms with Crippen LogP contribution in [0, 0.1) is 5.92 Å². The molecular weight excluding hydrogens is 262 g/mol. The Kier molecular flexibility index (Phi) is 3.60. The summed E-state index contributed by atoms with van der Waals surface area (Å²) in [6, 6.07) is 7.50. The zero-order chi connectivity index (χ0) is 13.3. The lowest BCUT2D eigenvalue weighted by Crippen LogP contribution is -2.33. The quantitative estimate of drug-likeness (QED) is 0.913. The molecule has 2 heterocycles. The Labute approximate surface area is 114 Å². The summed E-state index contributed by atoms with van der Waals surface area (Å²) in [5.41, 5.74) is 0.924. The van der Waals surface area contributed by atoms with Gasteiger partial charge in [0.05, 0.1) is 17.3 Å². The van der Waals surface area contributed by atoms with E-state index in [4.69, 9.17) is 4.74 Å². The maximum Gasteiger partial charge on any atom is 0.178 e. The van der Waals surface area contributed by atoms with E-state index < -0.39 is 9.84 Å². The van der Waals surface area contributed by atoms with Gasteiger partial charge in [-0.15, -0.1) is 0 Å². The molecule has 4 nitrogen and oxygen atoms in total. The fraction of sp³-hybridized carbons (Fsp3) is 0.571. The summed E-state index contributed by atoms with van der Waals surface area (Å²) in [5.74, 6) is 0.800. The lowest BCUT2D eigenvalue weighted by atomic mass is 10.0. The second-order valence-electron chi connectivity index (χ2n) is 5.34. The second-order valence-corrected chi connectivity index (χ2v) is 7.41. The van der Waals surface area contributed by atoms with Crippen LogP contribution in [0.4, 0.5) is 0 Å². The van der Waals surface area contributed by atoms with Gasteiger partial charge in [0, 0.05) is 19.2 Å². The molecule has 3 rings (SSSR count). The highest BCUT2D eigenvalue weighted by Crippen LogP contribution is 2.32. The molecule has 2 aliphatic heterocycles. The van der Waals surface area contributed by atoms with Crippen molar-refractivity contribution in [1.82, 2.24) is 5.32 Å². The number of fused-ring (bicyclic) bond motifs is 1. The third-order valence-corrected chi connectivity index (χ3v) is 5.80. The van der Waals surface area contributed by atoms with Crippen molar-refractivity contribution in [2.24, 2.45) is 5.92 Å². The van der Waals surface area contributed by atoms with E-state index in [0.29, 0.717) is 17.2 Å². The number of rotatable bonds is 3. The zero-order valence-corrected chi connectivity index (χ0v) is 11.7. The Hall–Kier alpha value is -0.910. The maximum absolute atomic E-state index is 12.0. The highest BCUT2D eigenvalue weighted by atomic mass is 32.2. The van der Waals surface area contributed by atoms with Crippen LogP contribution in [0.15, 0.2) is 29.2 Å². The predicted octanol–water partition coefficient (Wildman–Crippen LogP) is 1.53. The number of benzene rings is 1. The van der Waals surface area contributed by atoms with Gasteiger partial charge in [0.2, 0.25) is 0 Å². The SMILES string of the molecule is O=S1(=O)CCC(NCC2CCOC2)c2ccccc21. The highest BCUT2D eigenvalue weighted by molar-refractivity contribution is 7.91. The molecular formula is C14H19NO3S. The largest absolute Gasteiger partial charge is 0.381 e. The van der Waals surface area contributed by atoms with Gasteiger partial charge < -0.3 is 10.1 Å². The van der Waals surface area contributed by atoms with Crippen LogP contribution in [-0.2, 0) is 14.6 Å². The average Bonchev–Trinajstić information content (AvgIpc) is 2.91. The van der Waals surface area contributed by atoms with Crippen molar-refractivity contribution >= 4 is 9.84 Å². The number of hydrogen-bond acceptors (Lipinski definition) is 4. The monoisotopic (exact) mass is 281 g/mol. The van der Waals surface area contributed by atoms with Crippen LogP contribution in [0.5, 0.6) is 0 Å². The average molecular weight is 281 g/mol. The smallest absolute Gasteiger partial charge is 0.178 e. The number of nitrogens with one attached hydrogen (secondary N) is 1. The summed E-state index contributed by atoms with van der Waals surface area (Å²) in [6.45, 7) is 2.57. The number of ether oxygens (including phenoxy) is 1. The Morgan fingerprint density at radius 1 is 1.26 bits per heavy atom. The molecule has 104 valence electrons. The molecule has 1 N–H and O–H groups in total. The van der Waals surface area contributed by atoms with E-state index in [9.17, 15) is 8.42 Å². The van der Waals surface area contributed by atoms with E-state index in [0.717, 1.165) is 31.7 Å². The maximum atomic E-state index is 12.0. The van der Waals surface area contributed by atoms with Crippen LogP contribution in [0.3, 0.4) is 0 Å². The van der Waals surface area contributed by atoms with Gasteiger partial charge in [-0.1, -0.05) is 18.2 Å². The molecule has 5 heteroatoms. The van der Waals surface area contributed by atoms with Crippen LogP contribution >= 0.6 is 0 Å². The van der Waals surface area contributed by atoms with Crippen LogP contribution in [-0.4, -0.2) is 33.9 Å². The van der Waals surface area contributed by atoms with Gasteiger partial charge in [0.15, 0.2) is 9.84 Å². The van der Waals surface area contributed by atoms with Gasteiger partial charge in [-0.2, -0.15) is 0 Å². The molecule has 19 heavy (non-hydrogen) atoms. The van der Waals surface area contributed by atoms with E-state index in [2.05, 4.69) is 5.32 Å². The summed E-state index contributed by atoms with van der Waals surface area (Å²) < 4.78 is 29.4. The van der Waals surface area contributed by atoms with Crippen molar-refractivity contribution in [3.8, 4) is 0 Å². The molecule has 0 radical (unpaired) electrons. The van der Waals surface area contributed by atoms with Gasteiger partial charge in [-0.3, -0.25) is 0 Å². The normalized spacial score (nSPS) is 29.1. The molecule has 1 aromatic rings. The lowest BCUT2D eigenvalue weighted by molar-refractivity contribution is 0.184. The van der Waals surface area contributed by atoms with Crippen molar-refractivity contribution in [3.05, 3.63) is 29.8 Å². The van der Waals surface area contributed by atoms with E-state index in [1.807, 2.05) is 12.1 Å². The first-order valence-electron chi connectivity index (χ1n) is 6.79. The predicted molar refractivity (Wildman–Crippen MR) is 72.8 cm³/mol. The zero-order valence-electron chi connectivity index (χ0n) is 10.8. The third kappa shape index (κ3) is 2.68. The van der Waals surface area contributed by atoms with Gasteiger partial charge in [0.25, 0.3) is 0 Å². The molecule has 0 aromatic heterocycles. The van der Waals surface area contributed by atoms with Crippen molar-refractivity contribution < 1.29 is 13.2 Å². The van der Waals surface area contributed by atoms with Crippen molar-refractivity contribution in [1.29, 1.82) is 0 Å². The molecule has 2 unspecified atom stereocenters. The number of sulfone groups is 1. The standard InChI is InChI=1S/C14H19NO3S/c16-19(17)8-6-13(12-3-1-2-4-14(12)19)15-9-11-5-7-18-10-11/h1-4,11,13,15H,5-10H2. The summed E-state index contributed by atoms with van der Waals surface area (Å²) in [4.78, 5) is 0.501. The van der Waals surface area contributed by atoms with Gasteiger partial charge >= 0.3 is 0 Å². The molecule has 1 aromatic carbocycles. The van der Waals surface area contributed by atoms with Crippen LogP contribution in [0.25, 0.3) is 0 Å². The summed E-state index contributed by atoms with van der Waals surface area (Å²) in [6.07, 6.45) is 1.76. The lowest BCUT2D eigenvalue weighted by Gasteiger charge is -2.27. The first kappa shape index (κ1) is 13.1. The van der Waals surface area contributed by atoms with E-state index >= 15 is 0 Å². The minimum absolute atomic E-state index is 0.153. The highest BCUT2D eigenvalue weighted by Gasteiger charge is 2.30. The molecule has 0 bridgehead atoms. The van der Waals surface area contributed by atoms with Crippen LogP contribution in [0.1, 0.15) is 24.4 Å². The molecule has 2 atom stereocenters. The van der Waals surface area contributed by atoms with Crippen LogP contribution in [0.2, 0.25) is 0 Å². The van der Waals surface area contributed by atoms with E-state index in [1.54, 1.807) is 12.1 Å². The van der Waals surface area contributed by atoms with Crippen molar-refractivity contribution in [2.75, 3.05) is 25.5 Å². The molecule has 0 amide bonds. The van der Waals surface area contributed by atoms with Crippen molar-refractivity contribution in [2.45, 2.75) is 23.8 Å². The first-order valence-corrected chi connectivity index (χ1v) is 8.45. The minimum Gasteiger partial charge on any atom is -0.381 e. The topological polar surface area (TPSA) is 55.4 Å². The molecule has 1 saturated heterocycles. The van der Waals surface area contributed by atoms with Crippen LogP contribution < -0.4 is 5.32 Å². The number of hydrogen-bond donors (Lipinski definition) is 1. The second kappa shape index (κ2) is 5.23. The molecule has 1 fully saturated rings. The van der Waals surface area contributed by atoms with Crippen molar-refractivity contribution in [3.63, 3.8) is 0 Å². The Balaban J connectivity index is 1.76. The molecule has 0 aliphatic carbocycles. The fourth-order valence-corrected chi connectivity index (χ4v) is 4.48. The Bertz CT molecular complexity index is 550. The Morgan fingerprint density at radius 2 is 2.11 bits per heavy atom. The van der Waals surface area contributed by atoms with E-state index in [-0.39, 0.29) is 11.8 Å². The van der Waals surface area contributed by atoms with Gasteiger partial charge in [-0.25, -0.2) is 8.42 Å². The van der Waals surface area contributed by atoms with E-state index in [1.165, 1.54) is 0 Å². The summed E-state index contributed by atoms with van der Waals surface area (Å²) >= 11 is 0. The summed E-state index contributed by atoms with van der Waals surface area (Å²) in [7, 11) is -3.08. The summed E-state index contributed by atoms with van der Waals surface area (Å²) in [5, 5.41) is 3.51. The Morgan fingerprint density at radius 3 is 2.89 bits per heavy atom. The third-order valence-electron chi connectivity index (χ3n) is 3.98. The van der Waals surface area contributed by atoms with Gasteiger partial charge in [0.1, 0.15) is 0 Å². The molecule has 2 aliphatic rings. The first-order chi connectivity index (χ1) is 9.17. The van der Waals surface area contributed by atoms with Gasteiger partial charge in [-0.05, 0) is 30.4 Å². The minimum atomic E-state index is -3.08. The fourth-order valence-electron chi connectivity index (χ4n) is 2.86. The molecule has 0 spiro atoms. The molecule has 0 saturated carbocycles.